The number of benzene rings is 2. The molecule has 3 aromatic rings. The molecule has 0 aliphatic rings. The molecule has 0 unspecified atom stereocenters. The topological polar surface area (TPSA) is 101 Å². The summed E-state index contributed by atoms with van der Waals surface area (Å²) in [4.78, 5) is 19.7. The number of aromatic nitrogens is 2. The highest BCUT2D eigenvalue weighted by atomic mass is 35.5. The molecule has 0 saturated carbocycles. The highest BCUT2D eigenvalue weighted by Gasteiger charge is 2.15. The van der Waals surface area contributed by atoms with E-state index < -0.39 is 15.9 Å². The van der Waals surface area contributed by atoms with Gasteiger partial charge in [-0.3, -0.25) is 4.79 Å². The molecule has 1 amide bonds. The molecule has 0 bridgehead atoms. The number of carbonyl (C=O) groups excluding carboxylic acids is 1. The van der Waals surface area contributed by atoms with Crippen LogP contribution in [0.5, 0.6) is 0 Å². The largest absolute Gasteiger partial charge is 0.323 e. The van der Waals surface area contributed by atoms with Crippen LogP contribution in [0.3, 0.4) is 0 Å². The van der Waals surface area contributed by atoms with Crippen molar-refractivity contribution < 1.29 is 13.2 Å². The molecule has 29 heavy (non-hydrogen) atoms. The number of carbonyl (C=O) groups is 1. The maximum absolute atomic E-state index is 12.3. The van der Waals surface area contributed by atoms with Gasteiger partial charge < -0.3 is 5.32 Å². The molecule has 10 heteroatoms. The number of anilines is 2. The van der Waals surface area contributed by atoms with E-state index in [1.165, 1.54) is 48.8 Å². The van der Waals surface area contributed by atoms with Gasteiger partial charge in [-0.25, -0.2) is 23.1 Å². The van der Waals surface area contributed by atoms with Crippen LogP contribution in [-0.4, -0.2) is 24.3 Å². The zero-order valence-electron chi connectivity index (χ0n) is 14.7. The van der Waals surface area contributed by atoms with Gasteiger partial charge in [-0.15, -0.1) is 0 Å². The summed E-state index contributed by atoms with van der Waals surface area (Å²) in [5.41, 5.74) is 1.02. The first-order valence-electron chi connectivity index (χ1n) is 8.18. The average molecular weight is 449 g/mol. The zero-order valence-corrected chi connectivity index (χ0v) is 17.0. The van der Waals surface area contributed by atoms with Crippen molar-refractivity contribution in [3.05, 3.63) is 82.6 Å². The number of amides is 1. The van der Waals surface area contributed by atoms with E-state index in [-0.39, 0.29) is 10.8 Å². The Morgan fingerprint density at radius 1 is 0.966 bits per heavy atom. The fraction of sp³-hybridized carbons (Fsp3) is 0. The maximum Gasteiger partial charge on any atom is 0.264 e. The Hall–Kier alpha value is -2.94. The lowest BCUT2D eigenvalue weighted by Crippen LogP contribution is -2.15. The summed E-state index contributed by atoms with van der Waals surface area (Å²) in [6.07, 6.45) is 5.68. The van der Waals surface area contributed by atoms with E-state index >= 15 is 0 Å². The lowest BCUT2D eigenvalue weighted by Gasteiger charge is -2.07. The lowest BCUT2D eigenvalue weighted by atomic mass is 10.2. The Labute approximate surface area is 177 Å². The van der Waals surface area contributed by atoms with Crippen LogP contribution in [-0.2, 0) is 14.8 Å². The quantitative estimate of drug-likeness (QED) is 0.549. The van der Waals surface area contributed by atoms with E-state index in [1.54, 1.807) is 24.3 Å². The molecule has 0 spiro atoms. The van der Waals surface area contributed by atoms with Crippen molar-refractivity contribution in [2.24, 2.45) is 0 Å². The molecule has 2 aromatic carbocycles. The normalized spacial score (nSPS) is 11.4. The van der Waals surface area contributed by atoms with Gasteiger partial charge in [0, 0.05) is 24.2 Å². The smallest absolute Gasteiger partial charge is 0.264 e. The van der Waals surface area contributed by atoms with Crippen LogP contribution in [0.1, 0.15) is 5.56 Å². The van der Waals surface area contributed by atoms with E-state index in [0.29, 0.717) is 21.3 Å². The van der Waals surface area contributed by atoms with Crippen LogP contribution in [0.2, 0.25) is 10.0 Å². The number of sulfonamides is 1. The van der Waals surface area contributed by atoms with Gasteiger partial charge in [-0.1, -0.05) is 35.3 Å². The molecule has 0 saturated heterocycles. The average Bonchev–Trinajstić information content (AvgIpc) is 2.70. The number of hydrogen-bond donors (Lipinski definition) is 2. The predicted octanol–water partition coefficient (Wildman–Crippen LogP) is 4.24. The summed E-state index contributed by atoms with van der Waals surface area (Å²) in [7, 11) is -3.84. The third-order valence-electron chi connectivity index (χ3n) is 3.62. The summed E-state index contributed by atoms with van der Waals surface area (Å²) in [6.45, 7) is 0. The van der Waals surface area contributed by atoms with Crippen LogP contribution in [0.4, 0.5) is 11.6 Å². The Morgan fingerprint density at radius 2 is 1.66 bits per heavy atom. The molecule has 0 fully saturated rings. The third kappa shape index (κ3) is 5.54. The second kappa shape index (κ2) is 9.04. The van der Waals surface area contributed by atoms with Crippen molar-refractivity contribution in [1.82, 2.24) is 9.97 Å². The minimum absolute atomic E-state index is 0.00389. The van der Waals surface area contributed by atoms with Gasteiger partial charge in [0.1, 0.15) is 0 Å². The Morgan fingerprint density at radius 3 is 2.34 bits per heavy atom. The van der Waals surface area contributed by atoms with Crippen molar-refractivity contribution in [3.8, 4) is 0 Å². The highest BCUT2D eigenvalue weighted by Crippen LogP contribution is 2.26. The molecule has 1 aromatic heterocycles. The van der Waals surface area contributed by atoms with Crippen molar-refractivity contribution in [3.63, 3.8) is 0 Å². The lowest BCUT2D eigenvalue weighted by molar-refractivity contribution is -0.111. The van der Waals surface area contributed by atoms with Gasteiger partial charge in [0.05, 0.1) is 14.9 Å². The molecule has 7 nitrogen and oxygen atoms in total. The SMILES string of the molecule is O=C(/C=C/c1cccc(Cl)c1Cl)Nc1ccc(S(=O)(=O)Nc2ncccn2)cc1. The van der Waals surface area contributed by atoms with Crippen molar-refractivity contribution in [1.29, 1.82) is 0 Å². The van der Waals surface area contributed by atoms with Gasteiger partial charge in [0.15, 0.2) is 0 Å². The van der Waals surface area contributed by atoms with Crippen molar-refractivity contribution in [2.75, 3.05) is 10.0 Å². The maximum atomic E-state index is 12.3. The van der Waals surface area contributed by atoms with Gasteiger partial charge >= 0.3 is 0 Å². The Bertz CT molecular complexity index is 1150. The molecule has 3 rings (SSSR count). The van der Waals surface area contributed by atoms with Crippen LogP contribution in [0.15, 0.2) is 71.9 Å². The third-order valence-corrected chi connectivity index (χ3v) is 5.80. The zero-order chi connectivity index (χ0) is 20.9. The summed E-state index contributed by atoms with van der Waals surface area (Å²) in [5.74, 6) is -0.442. The summed E-state index contributed by atoms with van der Waals surface area (Å²) >= 11 is 12.0. The Kier molecular flexibility index (Phi) is 6.48. The molecule has 0 aliphatic heterocycles. The number of nitrogens with one attached hydrogen (secondary N) is 2. The highest BCUT2D eigenvalue weighted by molar-refractivity contribution is 7.92. The minimum atomic E-state index is -3.84. The van der Waals surface area contributed by atoms with Gasteiger partial charge in [0.2, 0.25) is 11.9 Å². The number of halogens is 2. The fourth-order valence-electron chi connectivity index (χ4n) is 2.25. The predicted molar refractivity (Wildman–Crippen MR) is 113 cm³/mol. The van der Waals surface area contributed by atoms with E-state index in [1.807, 2.05) is 0 Å². The molecular weight excluding hydrogens is 435 g/mol. The van der Waals surface area contributed by atoms with Crippen LogP contribution >= 0.6 is 23.2 Å². The summed E-state index contributed by atoms with van der Waals surface area (Å²) in [6, 6.07) is 12.3. The van der Waals surface area contributed by atoms with Crippen LogP contribution in [0, 0.1) is 0 Å². The second-order valence-electron chi connectivity index (χ2n) is 5.67. The summed E-state index contributed by atoms with van der Waals surface area (Å²) < 4.78 is 27.0. The molecule has 0 radical (unpaired) electrons. The van der Waals surface area contributed by atoms with Crippen molar-refractivity contribution >= 4 is 56.8 Å². The summed E-state index contributed by atoms with van der Waals surface area (Å²) in [5, 5.41) is 3.37. The number of hydrogen-bond acceptors (Lipinski definition) is 5. The first kappa shape index (κ1) is 20.8. The molecular formula is C19H14Cl2N4O3S. The number of nitrogens with zero attached hydrogens (tertiary/aromatic N) is 2. The van der Waals surface area contributed by atoms with Crippen LogP contribution < -0.4 is 10.0 Å². The number of rotatable bonds is 6. The van der Waals surface area contributed by atoms with E-state index in [2.05, 4.69) is 20.0 Å². The molecule has 0 atom stereocenters. The van der Waals surface area contributed by atoms with Crippen molar-refractivity contribution in [2.45, 2.75) is 4.90 Å². The molecule has 2 N–H and O–H groups in total. The first-order valence-corrected chi connectivity index (χ1v) is 10.4. The van der Waals surface area contributed by atoms with Gasteiger partial charge in [0.25, 0.3) is 10.0 Å². The monoisotopic (exact) mass is 448 g/mol. The van der Waals surface area contributed by atoms with Crippen LogP contribution in [0.25, 0.3) is 6.08 Å². The van der Waals surface area contributed by atoms with Gasteiger partial charge in [-0.05, 0) is 48.0 Å². The fourth-order valence-corrected chi connectivity index (χ4v) is 3.58. The molecule has 148 valence electrons. The second-order valence-corrected chi connectivity index (χ2v) is 8.14. The van der Waals surface area contributed by atoms with E-state index in [4.69, 9.17) is 23.2 Å². The molecule has 1 heterocycles. The minimum Gasteiger partial charge on any atom is -0.323 e. The Balaban J connectivity index is 1.66. The van der Waals surface area contributed by atoms with E-state index in [0.717, 1.165) is 0 Å². The van der Waals surface area contributed by atoms with Gasteiger partial charge in [-0.2, -0.15) is 0 Å². The van der Waals surface area contributed by atoms with E-state index in [9.17, 15) is 13.2 Å². The first-order chi connectivity index (χ1) is 13.8. The standard InChI is InChI=1S/C19H14Cl2N4O3S/c20-16-4-1-3-13(18(16)21)5-10-17(26)24-14-6-8-15(9-7-14)29(27,28)25-19-22-11-2-12-23-19/h1-12H,(H,24,26)(H,22,23,25)/b10-5+. The molecule has 0 aliphatic carbocycles.